The minimum Gasteiger partial charge on any atom is -0.495 e. The molecule has 2 aliphatic rings. The summed E-state index contributed by atoms with van der Waals surface area (Å²) >= 11 is 6.08. The summed E-state index contributed by atoms with van der Waals surface area (Å²) < 4.78 is 5.09. The number of anilines is 2. The highest BCUT2D eigenvalue weighted by Crippen LogP contribution is 2.32. The molecule has 9 nitrogen and oxygen atoms in total. The summed E-state index contributed by atoms with van der Waals surface area (Å²) in [6.07, 6.45) is 0.851. The Morgan fingerprint density at radius 3 is 2.55 bits per heavy atom. The number of hydrogen-bond acceptors (Lipinski definition) is 7. The molecule has 0 aliphatic carbocycles. The van der Waals surface area contributed by atoms with Crippen molar-refractivity contribution in [3.63, 3.8) is 0 Å². The van der Waals surface area contributed by atoms with Gasteiger partial charge in [-0.3, -0.25) is 19.4 Å². The maximum Gasteiger partial charge on any atom is 0.263 e. The molecule has 1 saturated heterocycles. The predicted molar refractivity (Wildman–Crippen MR) is 114 cm³/mol. The molecule has 0 saturated carbocycles. The normalized spacial score (nSPS) is 19.7. The van der Waals surface area contributed by atoms with Crippen molar-refractivity contribution in [2.75, 3.05) is 23.9 Å². The molecule has 31 heavy (non-hydrogen) atoms. The van der Waals surface area contributed by atoms with Gasteiger partial charge in [0.25, 0.3) is 11.8 Å². The first-order valence-electron chi connectivity index (χ1n) is 9.70. The first kappa shape index (κ1) is 20.8. The van der Waals surface area contributed by atoms with Gasteiger partial charge in [0.05, 0.1) is 17.8 Å². The van der Waals surface area contributed by atoms with Crippen LogP contribution in [0.1, 0.15) is 12.5 Å². The molecule has 0 radical (unpaired) electrons. The lowest BCUT2D eigenvalue weighted by Gasteiger charge is -2.20. The van der Waals surface area contributed by atoms with Gasteiger partial charge in [-0.15, -0.1) is 0 Å². The third-order valence-electron chi connectivity index (χ3n) is 5.20. The van der Waals surface area contributed by atoms with Crippen LogP contribution in [-0.2, 0) is 20.8 Å². The summed E-state index contributed by atoms with van der Waals surface area (Å²) in [6.45, 7) is 1.78. The van der Waals surface area contributed by atoms with E-state index in [4.69, 9.17) is 16.3 Å². The molecule has 0 unspecified atom stereocenters. The van der Waals surface area contributed by atoms with Gasteiger partial charge in [-0.2, -0.15) is 5.11 Å². The molecule has 160 valence electrons. The summed E-state index contributed by atoms with van der Waals surface area (Å²) in [7, 11) is 1.50. The van der Waals surface area contributed by atoms with Crippen molar-refractivity contribution in [2.24, 2.45) is 10.3 Å². The van der Waals surface area contributed by atoms with E-state index in [1.54, 1.807) is 30.3 Å². The Hall–Kier alpha value is -3.46. The number of nitrogens with zero attached hydrogens (tertiary/aromatic N) is 4. The third-order valence-corrected chi connectivity index (χ3v) is 5.50. The van der Waals surface area contributed by atoms with Crippen LogP contribution in [0.15, 0.2) is 52.8 Å². The second-order valence-corrected chi connectivity index (χ2v) is 7.53. The number of amides is 3. The SMILES string of the molecule is CCc1ccc(N2C(=O)[C@@H]3N=NN(CC(=O)Nc4ccc(OC)c(Cl)c4)[C@H]3C2=O)cc1. The minimum absolute atomic E-state index is 0.240. The summed E-state index contributed by atoms with van der Waals surface area (Å²) in [5.41, 5.74) is 2.05. The van der Waals surface area contributed by atoms with E-state index in [1.165, 1.54) is 12.1 Å². The van der Waals surface area contributed by atoms with Crippen LogP contribution < -0.4 is 15.0 Å². The van der Waals surface area contributed by atoms with E-state index < -0.39 is 29.8 Å². The Balaban J connectivity index is 1.46. The molecule has 2 heterocycles. The quantitative estimate of drug-likeness (QED) is 0.694. The monoisotopic (exact) mass is 441 g/mol. The van der Waals surface area contributed by atoms with Gasteiger partial charge in [0.2, 0.25) is 5.91 Å². The molecule has 2 aliphatic heterocycles. The van der Waals surface area contributed by atoms with Crippen LogP contribution in [0.5, 0.6) is 5.75 Å². The number of methoxy groups -OCH3 is 1. The Kier molecular flexibility index (Phi) is 5.60. The molecular weight excluding hydrogens is 422 g/mol. The second-order valence-electron chi connectivity index (χ2n) is 7.12. The van der Waals surface area contributed by atoms with E-state index in [0.717, 1.165) is 16.9 Å². The maximum absolute atomic E-state index is 13.0. The van der Waals surface area contributed by atoms with Gasteiger partial charge in [-0.25, -0.2) is 4.90 Å². The topological polar surface area (TPSA) is 104 Å². The van der Waals surface area contributed by atoms with Gasteiger partial charge in [-0.05, 0) is 42.3 Å². The van der Waals surface area contributed by atoms with Crippen LogP contribution in [0, 0.1) is 0 Å². The molecule has 2 aromatic carbocycles. The molecule has 1 fully saturated rings. The zero-order chi connectivity index (χ0) is 22.1. The number of imide groups is 1. The number of halogens is 1. The highest BCUT2D eigenvalue weighted by atomic mass is 35.5. The number of carbonyl (C=O) groups is 3. The van der Waals surface area contributed by atoms with E-state index in [0.29, 0.717) is 22.1 Å². The molecule has 0 spiro atoms. The lowest BCUT2D eigenvalue weighted by Crippen LogP contribution is -2.43. The molecule has 2 atom stereocenters. The lowest BCUT2D eigenvalue weighted by molar-refractivity contribution is -0.123. The standard InChI is InChI=1S/C21H20ClN5O4/c1-3-12-4-7-14(8-5-12)27-20(29)18-19(21(27)30)26(25-24-18)11-17(28)23-13-6-9-16(31-2)15(22)10-13/h4-10,18-19H,3,11H2,1-2H3,(H,23,28)/t18-,19-/m1/s1. The van der Waals surface area contributed by atoms with Crippen molar-refractivity contribution in [1.82, 2.24) is 5.01 Å². The molecule has 3 amide bonds. The number of benzene rings is 2. The number of aryl methyl sites for hydroxylation is 1. The van der Waals surface area contributed by atoms with E-state index in [9.17, 15) is 14.4 Å². The van der Waals surface area contributed by atoms with Crippen molar-refractivity contribution in [3.8, 4) is 5.75 Å². The second kappa shape index (κ2) is 8.35. The molecule has 4 rings (SSSR count). The van der Waals surface area contributed by atoms with Crippen LogP contribution in [0.3, 0.4) is 0 Å². The van der Waals surface area contributed by atoms with E-state index in [1.807, 2.05) is 19.1 Å². The van der Waals surface area contributed by atoms with Crippen LogP contribution >= 0.6 is 11.6 Å². The third kappa shape index (κ3) is 3.84. The molecule has 0 bridgehead atoms. The minimum atomic E-state index is -0.957. The molecule has 10 heteroatoms. The zero-order valence-electron chi connectivity index (χ0n) is 16.9. The van der Waals surface area contributed by atoms with Gasteiger partial charge in [-0.1, -0.05) is 35.9 Å². The Bertz CT molecular complexity index is 1070. The van der Waals surface area contributed by atoms with E-state index >= 15 is 0 Å². The van der Waals surface area contributed by atoms with Crippen LogP contribution in [0.2, 0.25) is 5.02 Å². The summed E-state index contributed by atoms with van der Waals surface area (Å²) in [5.74, 6) is -0.845. The first-order valence-corrected chi connectivity index (χ1v) is 10.1. The highest BCUT2D eigenvalue weighted by molar-refractivity contribution is 6.32. The fourth-order valence-corrected chi connectivity index (χ4v) is 3.84. The summed E-state index contributed by atoms with van der Waals surface area (Å²) in [6, 6.07) is 10.1. The van der Waals surface area contributed by atoms with Gasteiger partial charge in [0.1, 0.15) is 12.3 Å². The zero-order valence-corrected chi connectivity index (χ0v) is 17.7. The number of fused-ring (bicyclic) bond motifs is 1. The predicted octanol–water partition coefficient (Wildman–Crippen LogP) is 2.84. The van der Waals surface area contributed by atoms with Crippen molar-refractivity contribution >= 4 is 40.7 Å². The maximum atomic E-state index is 13.0. The number of rotatable bonds is 6. The average Bonchev–Trinajstić information content (AvgIpc) is 3.28. The van der Waals surface area contributed by atoms with Crippen molar-refractivity contribution in [3.05, 3.63) is 53.1 Å². The number of hydrogen-bond donors (Lipinski definition) is 1. The van der Waals surface area contributed by atoms with Gasteiger partial charge < -0.3 is 10.1 Å². The van der Waals surface area contributed by atoms with Crippen molar-refractivity contribution in [1.29, 1.82) is 0 Å². The molecule has 0 aromatic heterocycles. The highest BCUT2D eigenvalue weighted by Gasteiger charge is 2.55. The fourth-order valence-electron chi connectivity index (χ4n) is 3.58. The smallest absolute Gasteiger partial charge is 0.263 e. The van der Waals surface area contributed by atoms with Crippen LogP contribution in [0.25, 0.3) is 0 Å². The number of ether oxygens (including phenoxy) is 1. The average molecular weight is 442 g/mol. The van der Waals surface area contributed by atoms with Crippen LogP contribution in [0.4, 0.5) is 11.4 Å². The molecular formula is C21H20ClN5O4. The Morgan fingerprint density at radius 2 is 1.90 bits per heavy atom. The van der Waals surface area contributed by atoms with Gasteiger partial charge in [0.15, 0.2) is 12.1 Å². The summed E-state index contributed by atoms with van der Waals surface area (Å²) in [5, 5.41) is 12.1. The molecule has 1 N–H and O–H groups in total. The number of carbonyl (C=O) groups excluding carboxylic acids is 3. The van der Waals surface area contributed by atoms with E-state index in [2.05, 4.69) is 15.7 Å². The first-order chi connectivity index (χ1) is 14.9. The van der Waals surface area contributed by atoms with Gasteiger partial charge in [0, 0.05) is 5.69 Å². The Morgan fingerprint density at radius 1 is 1.16 bits per heavy atom. The van der Waals surface area contributed by atoms with E-state index in [-0.39, 0.29) is 6.54 Å². The lowest BCUT2D eigenvalue weighted by atomic mass is 10.1. The Labute approximate surface area is 183 Å². The van der Waals surface area contributed by atoms with Crippen molar-refractivity contribution in [2.45, 2.75) is 25.4 Å². The van der Waals surface area contributed by atoms with Crippen molar-refractivity contribution < 1.29 is 19.1 Å². The van der Waals surface area contributed by atoms with Gasteiger partial charge >= 0.3 is 0 Å². The van der Waals surface area contributed by atoms with Crippen LogP contribution in [-0.4, -0.2) is 48.5 Å². The number of nitrogens with one attached hydrogen (secondary N) is 1. The largest absolute Gasteiger partial charge is 0.495 e. The summed E-state index contributed by atoms with van der Waals surface area (Å²) in [4.78, 5) is 39.4. The fraction of sp³-hybridized carbons (Fsp3) is 0.286. The molecule has 2 aromatic rings.